The van der Waals surface area contributed by atoms with E-state index < -0.39 is 24.1 Å². The molecule has 0 radical (unpaired) electrons. The van der Waals surface area contributed by atoms with E-state index in [1.165, 1.54) is 4.90 Å². The average molecular weight is 424 g/mol. The highest BCUT2D eigenvalue weighted by Crippen LogP contribution is 2.19. The van der Waals surface area contributed by atoms with Gasteiger partial charge in [0.25, 0.3) is 0 Å². The number of amides is 2. The van der Waals surface area contributed by atoms with Gasteiger partial charge in [-0.15, -0.1) is 0 Å². The molecular weight excluding hydrogens is 394 g/mol. The summed E-state index contributed by atoms with van der Waals surface area (Å²) in [7, 11) is 0. The molecule has 2 rings (SSSR count). The van der Waals surface area contributed by atoms with Crippen LogP contribution in [-0.2, 0) is 20.9 Å². The minimum atomic E-state index is -0.966. The molecule has 2 atom stereocenters. The van der Waals surface area contributed by atoms with Crippen molar-refractivity contribution in [2.45, 2.75) is 44.4 Å². The van der Waals surface area contributed by atoms with Gasteiger partial charge in [-0.2, -0.15) is 11.8 Å². The second kappa shape index (κ2) is 12.3. The summed E-state index contributed by atoms with van der Waals surface area (Å²) >= 11 is 1.65. The van der Waals surface area contributed by atoms with Gasteiger partial charge in [0.15, 0.2) is 0 Å². The third-order valence-electron chi connectivity index (χ3n) is 4.66. The summed E-state index contributed by atoms with van der Waals surface area (Å²) < 4.78 is 5.13. The van der Waals surface area contributed by atoms with Crippen LogP contribution in [0.15, 0.2) is 30.3 Å². The van der Waals surface area contributed by atoms with Gasteiger partial charge in [-0.25, -0.2) is 9.59 Å². The molecule has 0 unspecified atom stereocenters. The molecule has 1 aromatic rings. The smallest absolute Gasteiger partial charge is 0.407 e. The summed E-state index contributed by atoms with van der Waals surface area (Å²) in [5.74, 6) is 0.281. The number of carbonyl (C=O) groups excluding carboxylic acids is 2. The van der Waals surface area contributed by atoms with Crippen molar-refractivity contribution < 1.29 is 24.2 Å². The summed E-state index contributed by atoms with van der Waals surface area (Å²) in [6.07, 6.45) is 2.03. The molecule has 1 heterocycles. The molecule has 1 fully saturated rings. The number of nitrogens with zero attached hydrogens (tertiary/aromatic N) is 1. The lowest BCUT2D eigenvalue weighted by molar-refractivity contribution is -0.148. The van der Waals surface area contributed by atoms with Crippen LogP contribution in [0.5, 0.6) is 0 Å². The Hall–Kier alpha value is -2.26. The lowest BCUT2D eigenvalue weighted by atomic mass is 10.2. The number of carbonyl (C=O) groups is 3. The lowest BCUT2D eigenvalue weighted by Crippen LogP contribution is -2.48. The molecule has 1 aliphatic heterocycles. The van der Waals surface area contributed by atoms with Crippen LogP contribution in [0.1, 0.15) is 31.2 Å². The van der Waals surface area contributed by atoms with Gasteiger partial charge in [0.1, 0.15) is 12.6 Å². The Kier molecular flexibility index (Phi) is 9.79. The van der Waals surface area contributed by atoms with Gasteiger partial charge in [0, 0.05) is 13.1 Å². The number of carboxylic acid groups (broad SMARTS) is 1. The number of rotatable bonds is 11. The number of hydrogen-bond acceptors (Lipinski definition) is 6. The first-order valence-electron chi connectivity index (χ1n) is 9.80. The van der Waals surface area contributed by atoms with Gasteiger partial charge in [0.05, 0.1) is 6.04 Å². The van der Waals surface area contributed by atoms with Crippen molar-refractivity contribution in [3.05, 3.63) is 35.9 Å². The van der Waals surface area contributed by atoms with Crippen LogP contribution in [0.3, 0.4) is 0 Å². The highest BCUT2D eigenvalue weighted by atomic mass is 32.2. The lowest BCUT2D eigenvalue weighted by Gasteiger charge is -2.24. The standard InChI is InChI=1S/C20H29N3O5S/c21-16(18(24)23-11-4-8-17(23)19(25)26)9-13-29-12-5-10-22-20(27)28-14-15-6-2-1-3-7-15/h1-3,6-7,16-17H,4-5,8-14,21H2,(H,22,27)(H,25,26)/t16-,17-/m0/s1. The van der Waals surface area contributed by atoms with E-state index in [2.05, 4.69) is 5.32 Å². The van der Waals surface area contributed by atoms with Crippen LogP contribution in [0.2, 0.25) is 0 Å². The highest BCUT2D eigenvalue weighted by molar-refractivity contribution is 7.99. The Morgan fingerprint density at radius 3 is 2.76 bits per heavy atom. The van der Waals surface area contributed by atoms with Crippen molar-refractivity contribution in [1.82, 2.24) is 10.2 Å². The van der Waals surface area contributed by atoms with E-state index >= 15 is 0 Å². The molecule has 0 bridgehead atoms. The van der Waals surface area contributed by atoms with E-state index in [9.17, 15) is 14.4 Å². The normalized spacial score (nSPS) is 17.0. The van der Waals surface area contributed by atoms with E-state index in [-0.39, 0.29) is 12.5 Å². The molecule has 0 aromatic heterocycles. The number of carboxylic acids is 1. The predicted molar refractivity (Wildman–Crippen MR) is 112 cm³/mol. The fourth-order valence-electron chi connectivity index (χ4n) is 3.07. The third kappa shape index (κ3) is 7.94. The zero-order valence-electron chi connectivity index (χ0n) is 16.4. The minimum Gasteiger partial charge on any atom is -0.480 e. The second-order valence-corrected chi connectivity index (χ2v) is 8.10. The van der Waals surface area contributed by atoms with Gasteiger partial charge >= 0.3 is 12.1 Å². The van der Waals surface area contributed by atoms with E-state index in [4.69, 9.17) is 15.6 Å². The fourth-order valence-corrected chi connectivity index (χ4v) is 4.05. The molecular formula is C20H29N3O5S. The third-order valence-corrected chi connectivity index (χ3v) is 5.76. The van der Waals surface area contributed by atoms with Crippen LogP contribution >= 0.6 is 11.8 Å². The Balaban J connectivity index is 1.50. The van der Waals surface area contributed by atoms with E-state index in [1.54, 1.807) is 11.8 Å². The maximum Gasteiger partial charge on any atom is 0.407 e. The number of hydrogen-bond donors (Lipinski definition) is 3. The zero-order valence-corrected chi connectivity index (χ0v) is 17.2. The van der Waals surface area contributed by atoms with Gasteiger partial charge in [-0.3, -0.25) is 4.79 Å². The monoisotopic (exact) mass is 423 g/mol. The first-order valence-corrected chi connectivity index (χ1v) is 11.0. The molecule has 9 heteroatoms. The molecule has 8 nitrogen and oxygen atoms in total. The first-order chi connectivity index (χ1) is 14.0. The van der Waals surface area contributed by atoms with Gasteiger partial charge in [0.2, 0.25) is 5.91 Å². The SMILES string of the molecule is N[C@@H](CCSCCCNC(=O)OCc1ccccc1)C(=O)N1CCC[C@H]1C(=O)O. The summed E-state index contributed by atoms with van der Waals surface area (Å²) in [6.45, 7) is 1.22. The van der Waals surface area contributed by atoms with Crippen LogP contribution in [0.4, 0.5) is 4.79 Å². The summed E-state index contributed by atoms with van der Waals surface area (Å²) in [6, 6.07) is 8.06. The van der Waals surface area contributed by atoms with Crippen LogP contribution < -0.4 is 11.1 Å². The summed E-state index contributed by atoms with van der Waals surface area (Å²) in [5.41, 5.74) is 6.89. The number of thioether (sulfide) groups is 1. The summed E-state index contributed by atoms with van der Waals surface area (Å²) in [4.78, 5) is 36.5. The average Bonchev–Trinajstić information content (AvgIpc) is 3.21. The van der Waals surface area contributed by atoms with Crippen molar-refractivity contribution in [3.63, 3.8) is 0 Å². The molecule has 0 saturated carbocycles. The van der Waals surface area contributed by atoms with E-state index in [0.29, 0.717) is 38.1 Å². The number of benzene rings is 1. The Morgan fingerprint density at radius 2 is 2.03 bits per heavy atom. The fraction of sp³-hybridized carbons (Fsp3) is 0.550. The second-order valence-electron chi connectivity index (χ2n) is 6.88. The number of nitrogens with one attached hydrogen (secondary N) is 1. The van der Waals surface area contributed by atoms with Crippen molar-refractivity contribution in [1.29, 1.82) is 0 Å². The maximum absolute atomic E-state index is 12.3. The van der Waals surface area contributed by atoms with Gasteiger partial charge in [-0.1, -0.05) is 30.3 Å². The molecule has 4 N–H and O–H groups in total. The van der Waals surface area contributed by atoms with Crippen molar-refractivity contribution in [2.75, 3.05) is 24.6 Å². The van der Waals surface area contributed by atoms with Gasteiger partial charge < -0.3 is 25.8 Å². The largest absolute Gasteiger partial charge is 0.480 e. The highest BCUT2D eigenvalue weighted by Gasteiger charge is 2.35. The van der Waals surface area contributed by atoms with Crippen molar-refractivity contribution in [3.8, 4) is 0 Å². The van der Waals surface area contributed by atoms with Crippen molar-refractivity contribution >= 4 is 29.7 Å². The Bertz CT molecular complexity index is 673. The molecule has 1 aromatic carbocycles. The topological polar surface area (TPSA) is 122 Å². The number of likely N-dealkylation sites (tertiary alicyclic amines) is 1. The van der Waals surface area contributed by atoms with Crippen molar-refractivity contribution in [2.24, 2.45) is 5.73 Å². The van der Waals surface area contributed by atoms with E-state index in [0.717, 1.165) is 17.7 Å². The minimum absolute atomic E-state index is 0.243. The zero-order chi connectivity index (χ0) is 21.1. The first kappa shape index (κ1) is 23.0. The maximum atomic E-state index is 12.3. The number of ether oxygens (including phenoxy) is 1. The molecule has 1 aliphatic rings. The van der Waals surface area contributed by atoms with E-state index in [1.807, 2.05) is 30.3 Å². The predicted octanol–water partition coefficient (Wildman–Crippen LogP) is 1.83. The molecule has 160 valence electrons. The molecule has 29 heavy (non-hydrogen) atoms. The Morgan fingerprint density at radius 1 is 1.28 bits per heavy atom. The molecule has 0 aliphatic carbocycles. The Labute approximate surface area is 175 Å². The van der Waals surface area contributed by atoms with Crippen LogP contribution in [0.25, 0.3) is 0 Å². The quantitative estimate of drug-likeness (QED) is 0.464. The number of alkyl carbamates (subject to hydrolysis) is 1. The van der Waals surface area contributed by atoms with Gasteiger partial charge in [-0.05, 0) is 42.8 Å². The molecule has 1 saturated heterocycles. The molecule has 0 spiro atoms. The number of nitrogens with two attached hydrogens (primary N) is 1. The number of aliphatic carboxylic acids is 1. The molecule has 2 amide bonds. The van der Waals surface area contributed by atoms with Crippen LogP contribution in [-0.4, -0.2) is 64.7 Å². The van der Waals surface area contributed by atoms with Crippen LogP contribution in [0, 0.1) is 0 Å². The summed E-state index contributed by atoms with van der Waals surface area (Å²) in [5, 5.41) is 11.9.